The first kappa shape index (κ1) is 11.4. The number of nitrogen functional groups attached to an aromatic ring is 1. The van der Waals surface area contributed by atoms with E-state index >= 15 is 0 Å². The van der Waals surface area contributed by atoms with Crippen molar-refractivity contribution in [2.24, 2.45) is 0 Å². The van der Waals surface area contributed by atoms with Crippen LogP contribution in [0.1, 0.15) is 12.5 Å². The quantitative estimate of drug-likeness (QED) is 0.444. The van der Waals surface area contributed by atoms with E-state index in [4.69, 9.17) is 5.73 Å². The molecule has 0 fully saturated rings. The lowest BCUT2D eigenvalue weighted by molar-refractivity contribution is 0.716. The fourth-order valence-corrected chi connectivity index (χ4v) is 1.89. The maximum absolute atomic E-state index is 5.82. The number of likely N-dealkylation sites (N-methyl/N-ethyl adjacent to an activating group) is 1. The molecule has 0 bridgehead atoms. The van der Waals surface area contributed by atoms with Crippen LogP contribution in [0.4, 0.5) is 5.69 Å². The maximum Gasteiger partial charge on any atom is 0.0452 e. The van der Waals surface area contributed by atoms with E-state index in [0.717, 1.165) is 25.2 Å². The van der Waals surface area contributed by atoms with Gasteiger partial charge in [0.1, 0.15) is 0 Å². The predicted octanol–water partition coefficient (Wildman–Crippen LogP) is 2.14. The van der Waals surface area contributed by atoms with Gasteiger partial charge in [-0.1, -0.05) is 13.0 Å². The molecule has 0 atom stereocenters. The molecule has 14 heavy (non-hydrogen) atoms. The maximum atomic E-state index is 5.82. The first-order chi connectivity index (χ1) is 6.77. The second-order valence-corrected chi connectivity index (χ2v) is 4.03. The van der Waals surface area contributed by atoms with Crippen molar-refractivity contribution in [2.75, 3.05) is 25.1 Å². The number of nitrogens with two attached hydrogens (primary N) is 1. The molecule has 3 N–H and O–H groups in total. The van der Waals surface area contributed by atoms with Crippen LogP contribution >= 0.6 is 11.8 Å². The zero-order valence-electron chi connectivity index (χ0n) is 8.84. The molecule has 0 aromatic heterocycles. The first-order valence-electron chi connectivity index (χ1n) is 4.91. The summed E-state index contributed by atoms with van der Waals surface area (Å²) in [5.74, 6) is 0. The molecule has 1 aromatic rings. The summed E-state index contributed by atoms with van der Waals surface area (Å²) in [5, 5.41) is 3.31. The van der Waals surface area contributed by atoms with Crippen molar-refractivity contribution in [1.29, 1.82) is 0 Å². The Kier molecular flexibility index (Phi) is 4.84. The third-order valence-electron chi connectivity index (χ3n) is 2.14. The van der Waals surface area contributed by atoms with E-state index in [2.05, 4.69) is 30.6 Å². The van der Waals surface area contributed by atoms with Crippen molar-refractivity contribution in [1.82, 2.24) is 5.32 Å². The summed E-state index contributed by atoms with van der Waals surface area (Å²) in [5.41, 5.74) is 8.05. The number of thioether (sulfide) groups is 1. The molecule has 0 spiro atoms. The van der Waals surface area contributed by atoms with Gasteiger partial charge in [0.15, 0.2) is 0 Å². The van der Waals surface area contributed by atoms with Crippen LogP contribution in [-0.4, -0.2) is 19.3 Å². The number of hydrogen-bond acceptors (Lipinski definition) is 3. The normalized spacial score (nSPS) is 10.4. The summed E-state index contributed by atoms with van der Waals surface area (Å²) in [6, 6.07) is 6.27. The van der Waals surface area contributed by atoms with Crippen molar-refractivity contribution in [3.8, 4) is 0 Å². The number of hydrogen-bond donors (Lipinski definition) is 2. The van der Waals surface area contributed by atoms with Crippen LogP contribution in [0, 0.1) is 0 Å². The minimum Gasteiger partial charge on any atom is -0.398 e. The highest BCUT2D eigenvalue weighted by Crippen LogP contribution is 2.23. The monoisotopic (exact) mass is 210 g/mol. The lowest BCUT2D eigenvalue weighted by Gasteiger charge is -2.06. The van der Waals surface area contributed by atoms with E-state index in [0.29, 0.717) is 0 Å². The van der Waals surface area contributed by atoms with E-state index in [9.17, 15) is 0 Å². The van der Waals surface area contributed by atoms with Crippen molar-refractivity contribution in [3.05, 3.63) is 23.8 Å². The van der Waals surface area contributed by atoms with Crippen molar-refractivity contribution >= 4 is 17.4 Å². The molecule has 0 heterocycles. The molecule has 0 radical (unpaired) electrons. The van der Waals surface area contributed by atoms with Crippen molar-refractivity contribution in [2.45, 2.75) is 18.2 Å². The molecule has 0 aliphatic carbocycles. The van der Waals surface area contributed by atoms with E-state index < -0.39 is 0 Å². The minimum atomic E-state index is 0.879. The Morgan fingerprint density at radius 3 is 2.86 bits per heavy atom. The van der Waals surface area contributed by atoms with Crippen LogP contribution in [0.2, 0.25) is 0 Å². The van der Waals surface area contributed by atoms with Gasteiger partial charge in [-0.15, -0.1) is 11.8 Å². The van der Waals surface area contributed by atoms with Gasteiger partial charge in [-0.3, -0.25) is 0 Å². The average Bonchev–Trinajstić information content (AvgIpc) is 2.21. The first-order valence-corrected chi connectivity index (χ1v) is 6.13. The van der Waals surface area contributed by atoms with E-state index in [1.807, 2.05) is 6.07 Å². The number of anilines is 1. The minimum absolute atomic E-state index is 0.879. The van der Waals surface area contributed by atoms with Gasteiger partial charge in [-0.05, 0) is 43.5 Å². The number of benzene rings is 1. The van der Waals surface area contributed by atoms with Gasteiger partial charge in [-0.25, -0.2) is 0 Å². The number of rotatable bonds is 5. The van der Waals surface area contributed by atoms with E-state index in [1.165, 1.54) is 10.5 Å². The van der Waals surface area contributed by atoms with Crippen LogP contribution in [0.15, 0.2) is 23.1 Å². The highest BCUT2D eigenvalue weighted by Gasteiger charge is 1.99. The summed E-state index contributed by atoms with van der Waals surface area (Å²) < 4.78 is 0. The molecular formula is C11H18N2S. The SMILES string of the molecule is CCNCCc1ccc(N)c(SC)c1. The molecular weight excluding hydrogens is 192 g/mol. The Morgan fingerprint density at radius 1 is 1.43 bits per heavy atom. The fourth-order valence-electron chi connectivity index (χ4n) is 1.32. The van der Waals surface area contributed by atoms with Crippen molar-refractivity contribution < 1.29 is 0 Å². The topological polar surface area (TPSA) is 38.0 Å². The standard InChI is InChI=1S/C11H18N2S/c1-3-13-7-6-9-4-5-10(12)11(8-9)14-2/h4-5,8,13H,3,6-7,12H2,1-2H3. The summed E-state index contributed by atoms with van der Waals surface area (Å²) >= 11 is 1.70. The third kappa shape index (κ3) is 3.24. The summed E-state index contributed by atoms with van der Waals surface area (Å²) in [6.07, 6.45) is 3.13. The van der Waals surface area contributed by atoms with Gasteiger partial charge in [0.2, 0.25) is 0 Å². The Labute approximate surface area is 90.3 Å². The zero-order chi connectivity index (χ0) is 10.4. The summed E-state index contributed by atoms with van der Waals surface area (Å²) in [4.78, 5) is 1.18. The smallest absolute Gasteiger partial charge is 0.0452 e. The molecule has 3 heteroatoms. The van der Waals surface area contributed by atoms with Gasteiger partial charge in [0.25, 0.3) is 0 Å². The molecule has 1 aromatic carbocycles. The molecule has 78 valence electrons. The van der Waals surface area contributed by atoms with Crippen LogP contribution in [0.25, 0.3) is 0 Å². The Balaban J connectivity index is 2.60. The van der Waals surface area contributed by atoms with Gasteiger partial charge >= 0.3 is 0 Å². The predicted molar refractivity (Wildman–Crippen MR) is 64.9 cm³/mol. The van der Waals surface area contributed by atoms with Gasteiger partial charge in [0.05, 0.1) is 0 Å². The molecule has 0 saturated carbocycles. The zero-order valence-corrected chi connectivity index (χ0v) is 9.66. The molecule has 0 saturated heterocycles. The van der Waals surface area contributed by atoms with Crippen LogP contribution in [0.3, 0.4) is 0 Å². The Morgan fingerprint density at radius 2 is 2.21 bits per heavy atom. The lowest BCUT2D eigenvalue weighted by atomic mass is 10.1. The highest BCUT2D eigenvalue weighted by atomic mass is 32.2. The molecule has 0 unspecified atom stereocenters. The molecule has 0 aliphatic rings. The van der Waals surface area contributed by atoms with Crippen molar-refractivity contribution in [3.63, 3.8) is 0 Å². The highest BCUT2D eigenvalue weighted by molar-refractivity contribution is 7.98. The lowest BCUT2D eigenvalue weighted by Crippen LogP contribution is -2.16. The molecule has 0 aliphatic heterocycles. The van der Waals surface area contributed by atoms with Crippen LogP contribution in [0.5, 0.6) is 0 Å². The van der Waals surface area contributed by atoms with Gasteiger partial charge in [0, 0.05) is 10.6 Å². The summed E-state index contributed by atoms with van der Waals surface area (Å²) in [6.45, 7) is 4.19. The second-order valence-electron chi connectivity index (χ2n) is 3.18. The molecule has 2 nitrogen and oxygen atoms in total. The average molecular weight is 210 g/mol. The largest absolute Gasteiger partial charge is 0.398 e. The molecule has 1 rings (SSSR count). The molecule has 0 amide bonds. The Hall–Kier alpha value is -0.670. The van der Waals surface area contributed by atoms with Crippen LogP contribution in [-0.2, 0) is 6.42 Å². The van der Waals surface area contributed by atoms with Gasteiger partial charge in [-0.2, -0.15) is 0 Å². The van der Waals surface area contributed by atoms with Crippen LogP contribution < -0.4 is 11.1 Å². The number of nitrogens with one attached hydrogen (secondary N) is 1. The van der Waals surface area contributed by atoms with Gasteiger partial charge < -0.3 is 11.1 Å². The summed E-state index contributed by atoms with van der Waals surface area (Å²) in [7, 11) is 0. The Bertz CT molecular complexity index is 287. The van der Waals surface area contributed by atoms with E-state index in [1.54, 1.807) is 11.8 Å². The third-order valence-corrected chi connectivity index (χ3v) is 2.93. The second kappa shape index (κ2) is 5.94. The van der Waals surface area contributed by atoms with E-state index in [-0.39, 0.29) is 0 Å². The fraction of sp³-hybridized carbons (Fsp3) is 0.455.